The number of amides is 1. The highest BCUT2D eigenvalue weighted by molar-refractivity contribution is 6.35. The number of anilines is 1. The van der Waals surface area contributed by atoms with Gasteiger partial charge in [-0.3, -0.25) is 4.79 Å². The van der Waals surface area contributed by atoms with Crippen LogP contribution in [-0.4, -0.2) is 37.6 Å². The van der Waals surface area contributed by atoms with Crippen LogP contribution in [0.4, 0.5) is 5.69 Å². The average Bonchev–Trinajstić information content (AvgIpc) is 2.99. The second-order valence-electron chi connectivity index (χ2n) is 5.43. The monoisotopic (exact) mass is 393 g/mol. The van der Waals surface area contributed by atoms with E-state index in [2.05, 4.69) is 20.4 Å². The quantitative estimate of drug-likeness (QED) is 0.684. The summed E-state index contributed by atoms with van der Waals surface area (Å²) in [6.45, 7) is 3.23. The molecule has 0 saturated heterocycles. The number of aromatic nitrogens is 4. The molecule has 2 heterocycles. The zero-order valence-corrected chi connectivity index (χ0v) is 15.2. The Morgan fingerprint density at radius 2 is 1.92 bits per heavy atom. The Bertz CT molecular complexity index is 984. The van der Waals surface area contributed by atoms with E-state index in [4.69, 9.17) is 27.9 Å². The van der Waals surface area contributed by atoms with Gasteiger partial charge in [-0.1, -0.05) is 23.2 Å². The lowest BCUT2D eigenvalue weighted by Crippen LogP contribution is -2.30. The maximum atomic E-state index is 12.2. The zero-order valence-electron chi connectivity index (χ0n) is 13.7. The van der Waals surface area contributed by atoms with Gasteiger partial charge in [0.25, 0.3) is 17.5 Å². The van der Waals surface area contributed by atoms with Crippen molar-refractivity contribution in [2.75, 3.05) is 5.32 Å². The lowest BCUT2D eigenvalue weighted by Gasteiger charge is -2.12. The third kappa shape index (κ3) is 3.92. The molecule has 3 rings (SSSR count). The average molecular weight is 394 g/mol. The van der Waals surface area contributed by atoms with E-state index in [1.54, 1.807) is 19.2 Å². The van der Waals surface area contributed by atoms with Crippen LogP contribution in [0.1, 0.15) is 23.2 Å². The molecule has 1 N–H and O–H groups in total. The molecule has 0 radical (unpaired) electrons. The third-order valence-corrected chi connectivity index (χ3v) is 3.83. The van der Waals surface area contributed by atoms with Crippen LogP contribution in [-0.2, 0) is 9.53 Å². The minimum atomic E-state index is -1.08. The fourth-order valence-electron chi connectivity index (χ4n) is 2.13. The summed E-state index contributed by atoms with van der Waals surface area (Å²) in [6, 6.07) is 6.31. The normalized spacial score (nSPS) is 12.0. The van der Waals surface area contributed by atoms with Crippen molar-refractivity contribution in [1.82, 2.24) is 19.6 Å². The summed E-state index contributed by atoms with van der Waals surface area (Å²) in [6.07, 6.45) is 0.474. The SMILES string of the molecule is Cc1ccnc2nc(C(=O)OC(C)C(=O)Nc3cc(Cl)cc(Cl)c3)nn12. The summed E-state index contributed by atoms with van der Waals surface area (Å²) in [4.78, 5) is 32.4. The number of ether oxygens (including phenoxy) is 1. The number of hydrogen-bond donors (Lipinski definition) is 1. The van der Waals surface area contributed by atoms with Crippen molar-refractivity contribution in [3.05, 3.63) is 52.0 Å². The van der Waals surface area contributed by atoms with Gasteiger partial charge in [0, 0.05) is 27.6 Å². The standard InChI is InChI=1S/C16H13Cl2N5O3/c1-8-3-4-19-16-21-13(22-23(8)16)15(25)26-9(2)14(24)20-12-6-10(17)5-11(18)7-12/h3-7,9H,1-2H3,(H,20,24). The molecule has 8 nitrogen and oxygen atoms in total. The number of aryl methyl sites for hydroxylation is 1. The number of benzene rings is 1. The Balaban J connectivity index is 1.69. The molecular formula is C16H13Cl2N5O3. The van der Waals surface area contributed by atoms with Gasteiger partial charge < -0.3 is 10.1 Å². The molecular weight excluding hydrogens is 381 g/mol. The van der Waals surface area contributed by atoms with Crippen molar-refractivity contribution in [1.29, 1.82) is 0 Å². The molecule has 1 amide bonds. The molecule has 134 valence electrons. The summed E-state index contributed by atoms with van der Waals surface area (Å²) in [5, 5.41) is 7.35. The van der Waals surface area contributed by atoms with Gasteiger partial charge in [-0.2, -0.15) is 4.98 Å². The highest BCUT2D eigenvalue weighted by Gasteiger charge is 2.23. The van der Waals surface area contributed by atoms with Gasteiger partial charge in [0.2, 0.25) is 0 Å². The van der Waals surface area contributed by atoms with Gasteiger partial charge >= 0.3 is 5.97 Å². The predicted molar refractivity (Wildman–Crippen MR) is 95.5 cm³/mol. The molecule has 1 atom stereocenters. The number of hydrogen-bond acceptors (Lipinski definition) is 6. The summed E-state index contributed by atoms with van der Waals surface area (Å²) in [5.74, 6) is -1.30. The molecule has 0 aliphatic carbocycles. The van der Waals surface area contributed by atoms with Gasteiger partial charge in [0.1, 0.15) is 0 Å². The number of nitrogens with one attached hydrogen (secondary N) is 1. The Labute approximate surface area is 158 Å². The Morgan fingerprint density at radius 1 is 1.23 bits per heavy atom. The van der Waals surface area contributed by atoms with Crippen LogP contribution >= 0.6 is 23.2 Å². The van der Waals surface area contributed by atoms with E-state index in [1.165, 1.54) is 29.6 Å². The first-order valence-corrected chi connectivity index (χ1v) is 8.25. The molecule has 0 aliphatic heterocycles. The van der Waals surface area contributed by atoms with Crippen molar-refractivity contribution >= 4 is 46.5 Å². The smallest absolute Gasteiger partial charge is 0.379 e. The van der Waals surface area contributed by atoms with Crippen molar-refractivity contribution in [2.24, 2.45) is 0 Å². The van der Waals surface area contributed by atoms with E-state index in [0.29, 0.717) is 15.7 Å². The van der Waals surface area contributed by atoms with Crippen LogP contribution < -0.4 is 5.32 Å². The van der Waals surface area contributed by atoms with Crippen molar-refractivity contribution < 1.29 is 14.3 Å². The second-order valence-corrected chi connectivity index (χ2v) is 6.30. The Hall–Kier alpha value is -2.71. The van der Waals surface area contributed by atoms with Crippen LogP contribution in [0, 0.1) is 6.92 Å². The molecule has 0 bridgehead atoms. The summed E-state index contributed by atoms with van der Waals surface area (Å²) < 4.78 is 6.53. The van der Waals surface area contributed by atoms with Crippen molar-refractivity contribution in [3.8, 4) is 0 Å². The molecule has 2 aromatic heterocycles. The predicted octanol–water partition coefficient (Wildman–Crippen LogP) is 2.92. The molecule has 0 saturated carbocycles. The first-order valence-electron chi connectivity index (χ1n) is 7.50. The summed E-state index contributed by atoms with van der Waals surface area (Å²) >= 11 is 11.8. The highest BCUT2D eigenvalue weighted by Crippen LogP contribution is 2.22. The largest absolute Gasteiger partial charge is 0.447 e. The number of fused-ring (bicyclic) bond motifs is 1. The van der Waals surface area contributed by atoms with Crippen LogP contribution in [0.25, 0.3) is 5.78 Å². The molecule has 1 aromatic carbocycles. The van der Waals surface area contributed by atoms with Gasteiger partial charge in [0.05, 0.1) is 0 Å². The summed E-state index contributed by atoms with van der Waals surface area (Å²) in [5.41, 5.74) is 1.14. The van der Waals surface area contributed by atoms with E-state index in [9.17, 15) is 9.59 Å². The van der Waals surface area contributed by atoms with E-state index in [1.807, 2.05) is 0 Å². The molecule has 0 aliphatic rings. The van der Waals surface area contributed by atoms with Gasteiger partial charge in [-0.05, 0) is 38.1 Å². The fourth-order valence-corrected chi connectivity index (χ4v) is 2.66. The van der Waals surface area contributed by atoms with Gasteiger partial charge in [-0.25, -0.2) is 14.3 Å². The molecule has 0 spiro atoms. The molecule has 10 heteroatoms. The second kappa shape index (κ2) is 7.27. The maximum absolute atomic E-state index is 12.2. The van der Waals surface area contributed by atoms with Crippen LogP contribution in [0.3, 0.4) is 0 Å². The maximum Gasteiger partial charge on any atom is 0.379 e. The van der Waals surface area contributed by atoms with E-state index in [-0.39, 0.29) is 11.6 Å². The lowest BCUT2D eigenvalue weighted by molar-refractivity contribution is -0.123. The number of halogens is 2. The van der Waals surface area contributed by atoms with Crippen LogP contribution in [0.2, 0.25) is 10.0 Å². The number of esters is 1. The number of rotatable bonds is 4. The minimum Gasteiger partial charge on any atom is -0.447 e. The molecule has 26 heavy (non-hydrogen) atoms. The zero-order chi connectivity index (χ0) is 18.8. The van der Waals surface area contributed by atoms with E-state index in [0.717, 1.165) is 5.69 Å². The molecule has 3 aromatic rings. The number of carbonyl (C=O) groups is 2. The molecule has 1 unspecified atom stereocenters. The first-order chi connectivity index (χ1) is 12.3. The Kier molecular flexibility index (Phi) is 5.06. The highest BCUT2D eigenvalue weighted by atomic mass is 35.5. The van der Waals surface area contributed by atoms with Crippen molar-refractivity contribution in [2.45, 2.75) is 20.0 Å². The van der Waals surface area contributed by atoms with E-state index < -0.39 is 18.0 Å². The van der Waals surface area contributed by atoms with Crippen molar-refractivity contribution in [3.63, 3.8) is 0 Å². The lowest BCUT2D eigenvalue weighted by atomic mass is 10.3. The summed E-state index contributed by atoms with van der Waals surface area (Å²) in [7, 11) is 0. The third-order valence-electron chi connectivity index (χ3n) is 3.40. The number of nitrogens with zero attached hydrogens (tertiary/aromatic N) is 4. The van der Waals surface area contributed by atoms with E-state index >= 15 is 0 Å². The van der Waals surface area contributed by atoms with Crippen LogP contribution in [0.5, 0.6) is 0 Å². The van der Waals surface area contributed by atoms with Gasteiger partial charge in [0.15, 0.2) is 6.10 Å². The first kappa shape index (κ1) is 18.1. The van der Waals surface area contributed by atoms with Gasteiger partial charge in [-0.15, -0.1) is 5.10 Å². The topological polar surface area (TPSA) is 98.5 Å². The molecule has 0 fully saturated rings. The van der Waals surface area contributed by atoms with Crippen LogP contribution in [0.15, 0.2) is 30.5 Å². The minimum absolute atomic E-state index is 0.183. The Morgan fingerprint density at radius 3 is 2.58 bits per heavy atom. The fraction of sp³-hybridized carbons (Fsp3) is 0.188. The number of carbonyl (C=O) groups excluding carboxylic acids is 2.